The molecule has 0 radical (unpaired) electrons. The number of aliphatic hydroxyl groups excluding tert-OH is 1. The van der Waals surface area contributed by atoms with Crippen LogP contribution in [0.2, 0.25) is 5.02 Å². The molecule has 2 aromatic rings. The number of benzene rings is 2. The zero-order valence-electron chi connectivity index (χ0n) is 15.2. The first-order valence-electron chi connectivity index (χ1n) is 9.24. The second-order valence-electron chi connectivity index (χ2n) is 6.85. The zero-order chi connectivity index (χ0) is 19.1. The van der Waals surface area contributed by atoms with Gasteiger partial charge >= 0.3 is 0 Å². The van der Waals surface area contributed by atoms with Gasteiger partial charge in [0.05, 0.1) is 11.1 Å². The molecule has 1 aliphatic rings. The molecular weight excluding hydrogens is 369 g/mol. The first-order chi connectivity index (χ1) is 13.1. The van der Waals surface area contributed by atoms with Crippen molar-refractivity contribution in [1.29, 1.82) is 0 Å². The van der Waals surface area contributed by atoms with E-state index in [9.17, 15) is 9.50 Å². The van der Waals surface area contributed by atoms with E-state index in [1.54, 1.807) is 24.3 Å². The fraction of sp³-hybridized carbons (Fsp3) is 0.429. The maximum absolute atomic E-state index is 13.2. The predicted molar refractivity (Wildman–Crippen MR) is 104 cm³/mol. The maximum Gasteiger partial charge on any atom is 0.138 e. The Balaban J connectivity index is 1.57. The van der Waals surface area contributed by atoms with E-state index < -0.39 is 6.10 Å². The number of ether oxygens (including phenoxy) is 2. The molecule has 0 aromatic heterocycles. The largest absolute Gasteiger partial charge is 0.489 e. The average Bonchev–Trinajstić information content (AvgIpc) is 3.16. The SMILES string of the molecule is OC(COc1ccccc1Cl)CN(Cc1ccc(F)cc1)CC1CCCO1. The zero-order valence-corrected chi connectivity index (χ0v) is 15.9. The average molecular weight is 394 g/mol. The summed E-state index contributed by atoms with van der Waals surface area (Å²) < 4.78 is 24.5. The fourth-order valence-electron chi connectivity index (χ4n) is 3.23. The summed E-state index contributed by atoms with van der Waals surface area (Å²) in [4.78, 5) is 2.13. The number of rotatable bonds is 9. The summed E-state index contributed by atoms with van der Waals surface area (Å²) in [6, 6.07) is 13.6. The lowest BCUT2D eigenvalue weighted by Gasteiger charge is -2.27. The maximum atomic E-state index is 13.2. The molecule has 0 amide bonds. The Morgan fingerprint density at radius 2 is 2.00 bits per heavy atom. The Hall–Kier alpha value is -1.66. The van der Waals surface area contributed by atoms with Gasteiger partial charge in [-0.05, 0) is 42.7 Å². The van der Waals surface area contributed by atoms with Crippen molar-refractivity contribution in [3.05, 3.63) is 64.9 Å². The highest BCUT2D eigenvalue weighted by Gasteiger charge is 2.21. The third kappa shape index (κ3) is 6.47. The van der Waals surface area contributed by atoms with E-state index in [2.05, 4.69) is 4.90 Å². The van der Waals surface area contributed by atoms with Gasteiger partial charge in [-0.15, -0.1) is 0 Å². The van der Waals surface area contributed by atoms with Crippen molar-refractivity contribution in [2.45, 2.75) is 31.6 Å². The lowest BCUT2D eigenvalue weighted by atomic mass is 10.1. The van der Waals surface area contributed by atoms with E-state index in [4.69, 9.17) is 21.1 Å². The molecule has 0 bridgehead atoms. The van der Waals surface area contributed by atoms with Crippen LogP contribution in [0.3, 0.4) is 0 Å². The number of halogens is 2. The first-order valence-corrected chi connectivity index (χ1v) is 9.62. The van der Waals surface area contributed by atoms with Crippen LogP contribution in [-0.2, 0) is 11.3 Å². The van der Waals surface area contributed by atoms with Crippen molar-refractivity contribution in [2.75, 3.05) is 26.3 Å². The van der Waals surface area contributed by atoms with Gasteiger partial charge in [-0.3, -0.25) is 4.90 Å². The molecule has 0 aliphatic carbocycles. The summed E-state index contributed by atoms with van der Waals surface area (Å²) in [5.74, 6) is 0.306. The molecule has 1 heterocycles. The molecule has 0 saturated carbocycles. The van der Waals surface area contributed by atoms with Crippen LogP contribution in [0.25, 0.3) is 0 Å². The molecule has 4 nitrogen and oxygen atoms in total. The number of nitrogens with zero attached hydrogens (tertiary/aromatic N) is 1. The fourth-order valence-corrected chi connectivity index (χ4v) is 3.42. The topological polar surface area (TPSA) is 41.9 Å². The smallest absolute Gasteiger partial charge is 0.138 e. The molecule has 1 saturated heterocycles. The minimum absolute atomic E-state index is 0.148. The first kappa shape index (κ1) is 20.1. The van der Waals surface area contributed by atoms with Crippen molar-refractivity contribution in [2.24, 2.45) is 0 Å². The van der Waals surface area contributed by atoms with Crippen LogP contribution < -0.4 is 4.74 Å². The quantitative estimate of drug-likeness (QED) is 0.701. The molecule has 3 rings (SSSR count). The van der Waals surface area contributed by atoms with Gasteiger partial charge in [-0.25, -0.2) is 4.39 Å². The lowest BCUT2D eigenvalue weighted by molar-refractivity contribution is 0.0314. The van der Waals surface area contributed by atoms with Crippen molar-refractivity contribution in [1.82, 2.24) is 4.90 Å². The van der Waals surface area contributed by atoms with E-state index in [1.807, 2.05) is 12.1 Å². The van der Waals surface area contributed by atoms with Gasteiger partial charge in [0.25, 0.3) is 0 Å². The second-order valence-corrected chi connectivity index (χ2v) is 7.26. The van der Waals surface area contributed by atoms with Gasteiger partial charge in [0.2, 0.25) is 0 Å². The third-order valence-electron chi connectivity index (χ3n) is 4.54. The molecule has 0 spiro atoms. The van der Waals surface area contributed by atoms with Crippen molar-refractivity contribution < 1.29 is 19.0 Å². The molecule has 1 aliphatic heterocycles. The molecule has 2 unspecified atom stereocenters. The summed E-state index contributed by atoms with van der Waals surface area (Å²) in [6.07, 6.45) is 1.57. The third-order valence-corrected chi connectivity index (χ3v) is 4.85. The number of hydrogen-bond donors (Lipinski definition) is 1. The Bertz CT molecular complexity index is 707. The van der Waals surface area contributed by atoms with E-state index in [1.165, 1.54) is 12.1 Å². The van der Waals surface area contributed by atoms with Gasteiger partial charge in [-0.1, -0.05) is 35.9 Å². The minimum Gasteiger partial charge on any atom is -0.489 e. The molecule has 2 aromatic carbocycles. The highest BCUT2D eigenvalue weighted by Crippen LogP contribution is 2.23. The highest BCUT2D eigenvalue weighted by molar-refractivity contribution is 6.32. The van der Waals surface area contributed by atoms with Gasteiger partial charge in [0, 0.05) is 26.2 Å². The highest BCUT2D eigenvalue weighted by atomic mass is 35.5. The Morgan fingerprint density at radius 3 is 2.70 bits per heavy atom. The molecule has 6 heteroatoms. The number of aliphatic hydroxyl groups is 1. The number of para-hydroxylation sites is 1. The number of hydrogen-bond acceptors (Lipinski definition) is 4. The van der Waals surface area contributed by atoms with E-state index in [0.29, 0.717) is 23.9 Å². The normalized spacial score (nSPS) is 18.0. The van der Waals surface area contributed by atoms with Gasteiger partial charge in [0.15, 0.2) is 0 Å². The summed E-state index contributed by atoms with van der Waals surface area (Å²) in [6.45, 7) is 2.70. The van der Waals surface area contributed by atoms with Crippen LogP contribution in [0.5, 0.6) is 5.75 Å². The van der Waals surface area contributed by atoms with Crippen molar-refractivity contribution >= 4 is 11.6 Å². The monoisotopic (exact) mass is 393 g/mol. The van der Waals surface area contributed by atoms with Crippen LogP contribution in [0.1, 0.15) is 18.4 Å². The van der Waals surface area contributed by atoms with Crippen LogP contribution in [0.15, 0.2) is 48.5 Å². The van der Waals surface area contributed by atoms with E-state index >= 15 is 0 Å². The Morgan fingerprint density at radius 1 is 1.22 bits per heavy atom. The molecule has 27 heavy (non-hydrogen) atoms. The molecule has 1 N–H and O–H groups in total. The van der Waals surface area contributed by atoms with Crippen molar-refractivity contribution in [3.8, 4) is 5.75 Å². The standard InChI is InChI=1S/C21H25ClFNO3/c22-20-5-1-2-6-21(20)27-15-18(25)13-24(14-19-4-3-11-26-19)12-16-7-9-17(23)10-8-16/h1-2,5-10,18-19,25H,3-4,11-15H2. The summed E-state index contributed by atoms with van der Waals surface area (Å²) in [5, 5.41) is 11.0. The summed E-state index contributed by atoms with van der Waals surface area (Å²) >= 11 is 6.08. The van der Waals surface area contributed by atoms with Gasteiger partial charge < -0.3 is 14.6 Å². The molecule has 146 valence electrons. The molecular formula is C21H25ClFNO3. The molecule has 1 fully saturated rings. The van der Waals surface area contributed by atoms with E-state index in [0.717, 1.165) is 31.6 Å². The van der Waals surface area contributed by atoms with Crippen LogP contribution >= 0.6 is 11.6 Å². The Kier molecular flexibility index (Phi) is 7.47. The summed E-state index contributed by atoms with van der Waals surface area (Å²) in [7, 11) is 0. The van der Waals surface area contributed by atoms with Crippen LogP contribution in [0.4, 0.5) is 4.39 Å². The van der Waals surface area contributed by atoms with Gasteiger partial charge in [-0.2, -0.15) is 0 Å². The van der Waals surface area contributed by atoms with Crippen LogP contribution in [-0.4, -0.2) is 48.5 Å². The Labute approximate surface area is 164 Å². The lowest BCUT2D eigenvalue weighted by Crippen LogP contribution is -2.39. The minimum atomic E-state index is -0.678. The summed E-state index contributed by atoms with van der Waals surface area (Å²) in [5.41, 5.74) is 0.994. The van der Waals surface area contributed by atoms with Crippen LogP contribution in [0, 0.1) is 5.82 Å². The molecule has 2 atom stereocenters. The second kappa shape index (κ2) is 10.0. The predicted octanol–water partition coefficient (Wildman–Crippen LogP) is 3.90. The van der Waals surface area contributed by atoms with Gasteiger partial charge in [0.1, 0.15) is 24.3 Å². The van der Waals surface area contributed by atoms with Crippen molar-refractivity contribution in [3.63, 3.8) is 0 Å². The van der Waals surface area contributed by atoms with E-state index in [-0.39, 0.29) is 18.5 Å².